The van der Waals surface area contributed by atoms with Crippen molar-refractivity contribution in [1.82, 2.24) is 19.9 Å². The molecular formula is C19H20N4O. The van der Waals surface area contributed by atoms with Crippen LogP contribution in [0.3, 0.4) is 0 Å². The van der Waals surface area contributed by atoms with Crippen LogP contribution in [0.5, 0.6) is 0 Å². The Morgan fingerprint density at radius 1 is 1.25 bits per heavy atom. The molecule has 122 valence electrons. The third kappa shape index (κ3) is 2.89. The van der Waals surface area contributed by atoms with Gasteiger partial charge in [0.15, 0.2) is 0 Å². The van der Waals surface area contributed by atoms with E-state index in [1.54, 1.807) is 6.20 Å². The molecular weight excluding hydrogens is 300 g/mol. The topological polar surface area (TPSA) is 59.8 Å². The maximum Gasteiger partial charge on any atom is 0.240 e. The maximum absolute atomic E-state index is 12.5. The molecule has 1 saturated carbocycles. The largest absolute Gasteiger partial charge is 0.346 e. The average molecular weight is 320 g/mol. The van der Waals surface area contributed by atoms with E-state index in [1.807, 2.05) is 49.4 Å². The van der Waals surface area contributed by atoms with Gasteiger partial charge in [0.25, 0.3) is 0 Å². The van der Waals surface area contributed by atoms with Crippen molar-refractivity contribution in [2.45, 2.75) is 38.3 Å². The van der Waals surface area contributed by atoms with Crippen molar-refractivity contribution in [3.05, 3.63) is 60.2 Å². The highest BCUT2D eigenvalue weighted by molar-refractivity contribution is 5.81. The van der Waals surface area contributed by atoms with Crippen LogP contribution >= 0.6 is 0 Å². The summed E-state index contributed by atoms with van der Waals surface area (Å²) in [7, 11) is 0. The Balaban J connectivity index is 1.55. The van der Waals surface area contributed by atoms with Gasteiger partial charge in [0.2, 0.25) is 5.91 Å². The molecule has 1 N–H and O–H groups in total. The minimum atomic E-state index is -0.113. The molecule has 2 heterocycles. The molecule has 1 aromatic carbocycles. The molecule has 5 heteroatoms. The highest BCUT2D eigenvalue weighted by atomic mass is 16.2. The van der Waals surface area contributed by atoms with Crippen molar-refractivity contribution in [3.63, 3.8) is 0 Å². The van der Waals surface area contributed by atoms with Gasteiger partial charge in [-0.3, -0.25) is 9.78 Å². The number of aromatic nitrogens is 3. The SMILES string of the molecule is C[C@H](NC(=O)Cn1c(C2CC2)nc2ccccc21)c1ccccn1. The Labute approximate surface area is 140 Å². The van der Waals surface area contributed by atoms with Crippen LogP contribution in [0.15, 0.2) is 48.7 Å². The molecule has 0 spiro atoms. The van der Waals surface area contributed by atoms with Gasteiger partial charge < -0.3 is 9.88 Å². The van der Waals surface area contributed by atoms with Crippen molar-refractivity contribution < 1.29 is 4.79 Å². The molecule has 0 bridgehead atoms. The lowest BCUT2D eigenvalue weighted by Gasteiger charge is -2.15. The quantitative estimate of drug-likeness (QED) is 0.785. The Hall–Kier alpha value is -2.69. The molecule has 0 unspecified atom stereocenters. The molecule has 1 aliphatic carbocycles. The summed E-state index contributed by atoms with van der Waals surface area (Å²) in [5.74, 6) is 1.52. The summed E-state index contributed by atoms with van der Waals surface area (Å²) in [4.78, 5) is 21.6. The van der Waals surface area contributed by atoms with Crippen molar-refractivity contribution in [3.8, 4) is 0 Å². The minimum absolute atomic E-state index is 0.0155. The summed E-state index contributed by atoms with van der Waals surface area (Å²) in [6, 6.07) is 13.6. The van der Waals surface area contributed by atoms with Gasteiger partial charge >= 0.3 is 0 Å². The van der Waals surface area contributed by atoms with E-state index >= 15 is 0 Å². The second-order valence-corrected chi connectivity index (χ2v) is 6.36. The summed E-state index contributed by atoms with van der Waals surface area (Å²) in [5, 5.41) is 3.04. The van der Waals surface area contributed by atoms with Gasteiger partial charge in [-0.25, -0.2) is 4.98 Å². The number of para-hydroxylation sites is 2. The normalized spacial score (nSPS) is 15.4. The standard InChI is InChI=1S/C19H20N4O/c1-13(15-6-4-5-11-20-15)21-18(24)12-23-17-8-3-2-7-16(17)22-19(23)14-9-10-14/h2-8,11,13-14H,9-10,12H2,1H3,(H,21,24)/t13-/m0/s1. The van der Waals surface area contributed by atoms with E-state index < -0.39 is 0 Å². The zero-order chi connectivity index (χ0) is 16.5. The van der Waals surface area contributed by atoms with E-state index in [1.165, 1.54) is 0 Å². The van der Waals surface area contributed by atoms with E-state index in [9.17, 15) is 4.79 Å². The smallest absolute Gasteiger partial charge is 0.240 e. The molecule has 3 aromatic rings. The second kappa shape index (κ2) is 6.07. The number of carbonyl (C=O) groups is 1. The number of nitrogens with one attached hydrogen (secondary N) is 1. The van der Waals surface area contributed by atoms with Crippen molar-refractivity contribution in [2.24, 2.45) is 0 Å². The first-order chi connectivity index (χ1) is 11.7. The lowest BCUT2D eigenvalue weighted by Crippen LogP contribution is -2.31. The number of rotatable bonds is 5. The van der Waals surface area contributed by atoms with Gasteiger partial charge in [0, 0.05) is 12.1 Å². The first-order valence-corrected chi connectivity index (χ1v) is 8.38. The highest BCUT2D eigenvalue weighted by Crippen LogP contribution is 2.40. The second-order valence-electron chi connectivity index (χ2n) is 6.36. The minimum Gasteiger partial charge on any atom is -0.346 e. The highest BCUT2D eigenvalue weighted by Gasteiger charge is 2.30. The first-order valence-electron chi connectivity index (χ1n) is 8.38. The van der Waals surface area contributed by atoms with Crippen LogP contribution in [0.1, 0.15) is 43.2 Å². The zero-order valence-electron chi connectivity index (χ0n) is 13.6. The number of hydrogen-bond acceptors (Lipinski definition) is 3. The molecule has 1 fully saturated rings. The van der Waals surface area contributed by atoms with Crippen molar-refractivity contribution >= 4 is 16.9 Å². The number of hydrogen-bond donors (Lipinski definition) is 1. The zero-order valence-corrected chi connectivity index (χ0v) is 13.6. The number of imidazole rings is 1. The van der Waals surface area contributed by atoms with E-state index in [-0.39, 0.29) is 11.9 Å². The molecule has 1 aliphatic rings. The van der Waals surface area contributed by atoms with Crippen molar-refractivity contribution in [1.29, 1.82) is 0 Å². The Morgan fingerprint density at radius 2 is 2.04 bits per heavy atom. The Morgan fingerprint density at radius 3 is 2.79 bits per heavy atom. The third-order valence-corrected chi connectivity index (χ3v) is 4.44. The van der Waals surface area contributed by atoms with E-state index in [0.717, 1.165) is 35.4 Å². The van der Waals surface area contributed by atoms with Gasteiger partial charge in [-0.05, 0) is 44.0 Å². The molecule has 0 aliphatic heterocycles. The summed E-state index contributed by atoms with van der Waals surface area (Å²) in [6.45, 7) is 2.25. The van der Waals surface area contributed by atoms with Gasteiger partial charge in [-0.15, -0.1) is 0 Å². The summed E-state index contributed by atoms with van der Waals surface area (Å²) in [5.41, 5.74) is 2.86. The lowest BCUT2D eigenvalue weighted by atomic mass is 10.2. The Bertz CT molecular complexity index is 867. The molecule has 5 nitrogen and oxygen atoms in total. The predicted octanol–water partition coefficient (Wildman–Crippen LogP) is 3.19. The van der Waals surface area contributed by atoms with Crippen LogP contribution in [0.2, 0.25) is 0 Å². The molecule has 24 heavy (non-hydrogen) atoms. The number of amides is 1. The summed E-state index contributed by atoms with van der Waals surface area (Å²) >= 11 is 0. The monoisotopic (exact) mass is 320 g/mol. The molecule has 1 amide bonds. The van der Waals surface area contributed by atoms with Crippen LogP contribution in [-0.4, -0.2) is 20.4 Å². The average Bonchev–Trinajstić information content (AvgIpc) is 3.39. The Kier molecular flexibility index (Phi) is 3.76. The lowest BCUT2D eigenvalue weighted by molar-refractivity contribution is -0.122. The summed E-state index contributed by atoms with van der Waals surface area (Å²) < 4.78 is 2.06. The number of nitrogens with zero attached hydrogens (tertiary/aromatic N) is 3. The molecule has 1 atom stereocenters. The van der Waals surface area contributed by atoms with E-state index in [0.29, 0.717) is 12.5 Å². The number of carbonyl (C=O) groups excluding carboxylic acids is 1. The van der Waals surface area contributed by atoms with Gasteiger partial charge in [0.05, 0.1) is 22.8 Å². The van der Waals surface area contributed by atoms with Crippen LogP contribution < -0.4 is 5.32 Å². The molecule has 0 radical (unpaired) electrons. The van der Waals surface area contributed by atoms with Gasteiger partial charge in [-0.2, -0.15) is 0 Å². The van der Waals surface area contributed by atoms with Crippen LogP contribution in [-0.2, 0) is 11.3 Å². The molecule has 0 saturated heterocycles. The van der Waals surface area contributed by atoms with Crippen LogP contribution in [0.4, 0.5) is 0 Å². The van der Waals surface area contributed by atoms with Crippen molar-refractivity contribution in [2.75, 3.05) is 0 Å². The third-order valence-electron chi connectivity index (χ3n) is 4.44. The van der Waals surface area contributed by atoms with E-state index in [4.69, 9.17) is 4.98 Å². The summed E-state index contributed by atoms with van der Waals surface area (Å²) in [6.07, 6.45) is 4.07. The number of fused-ring (bicyclic) bond motifs is 1. The predicted molar refractivity (Wildman–Crippen MR) is 92.5 cm³/mol. The van der Waals surface area contributed by atoms with Gasteiger partial charge in [0.1, 0.15) is 12.4 Å². The van der Waals surface area contributed by atoms with Crippen LogP contribution in [0, 0.1) is 0 Å². The first kappa shape index (κ1) is 14.9. The fourth-order valence-electron chi connectivity index (χ4n) is 3.05. The molecule has 2 aromatic heterocycles. The van der Waals surface area contributed by atoms with E-state index in [2.05, 4.69) is 14.9 Å². The van der Waals surface area contributed by atoms with Gasteiger partial charge in [-0.1, -0.05) is 18.2 Å². The molecule has 4 rings (SSSR count). The van der Waals surface area contributed by atoms with Crippen LogP contribution in [0.25, 0.3) is 11.0 Å². The number of benzene rings is 1. The fourth-order valence-corrected chi connectivity index (χ4v) is 3.05. The maximum atomic E-state index is 12.5. The fraction of sp³-hybridized carbons (Fsp3) is 0.316. The number of pyridine rings is 1.